The van der Waals surface area contributed by atoms with Crippen LogP contribution in [0.25, 0.3) is 16.2 Å². The molecule has 0 saturated heterocycles. The summed E-state index contributed by atoms with van der Waals surface area (Å²) in [6, 6.07) is 5.63. The van der Waals surface area contributed by atoms with Gasteiger partial charge in [0.15, 0.2) is 11.6 Å². The van der Waals surface area contributed by atoms with E-state index in [1.807, 2.05) is 36.4 Å². The number of aromatic carboxylic acids is 1. The molecule has 0 bridgehead atoms. The van der Waals surface area contributed by atoms with E-state index in [-0.39, 0.29) is 12.5 Å². The van der Waals surface area contributed by atoms with E-state index in [1.54, 1.807) is 11.9 Å². The van der Waals surface area contributed by atoms with E-state index in [0.717, 1.165) is 22.6 Å². The first-order valence-electron chi connectivity index (χ1n) is 8.20. The number of carbonyl (C=O) groups excluding carboxylic acids is 1. The summed E-state index contributed by atoms with van der Waals surface area (Å²) in [6.07, 6.45) is 0.605. The normalized spacial score (nSPS) is 13.8. The van der Waals surface area contributed by atoms with Crippen molar-refractivity contribution in [2.75, 3.05) is 18.6 Å². The molecule has 2 aromatic heterocycles. The van der Waals surface area contributed by atoms with E-state index in [1.165, 1.54) is 11.3 Å². The van der Waals surface area contributed by atoms with Crippen molar-refractivity contribution in [3.63, 3.8) is 0 Å². The number of benzene rings is 1. The van der Waals surface area contributed by atoms with Crippen LogP contribution < -0.4 is 9.64 Å². The molecule has 1 N–H and O–H groups in total. The number of carboxylic acid groups (broad SMARTS) is 1. The first kappa shape index (κ1) is 16.6. The number of hydrogen-bond donors (Lipinski definition) is 1. The minimum absolute atomic E-state index is 0.0416. The Morgan fingerprint density at radius 2 is 2.19 bits per heavy atom. The first-order chi connectivity index (χ1) is 12.4. The van der Waals surface area contributed by atoms with E-state index in [2.05, 4.69) is 4.98 Å². The van der Waals surface area contributed by atoms with Crippen LogP contribution in [0, 0.1) is 6.92 Å². The lowest BCUT2D eigenvalue weighted by Crippen LogP contribution is -2.35. The van der Waals surface area contributed by atoms with Gasteiger partial charge in [-0.25, -0.2) is 9.78 Å². The number of carbonyl (C=O) groups is 2. The van der Waals surface area contributed by atoms with Crippen LogP contribution in [-0.2, 0) is 11.2 Å². The third-order valence-electron chi connectivity index (χ3n) is 4.65. The number of ether oxygens (including phenoxy) is 1. The Morgan fingerprint density at radius 3 is 2.88 bits per heavy atom. The summed E-state index contributed by atoms with van der Waals surface area (Å²) < 4.78 is 7.38. The highest BCUT2D eigenvalue weighted by Crippen LogP contribution is 2.37. The molecule has 3 heterocycles. The van der Waals surface area contributed by atoms with Gasteiger partial charge in [-0.2, -0.15) is 0 Å². The number of hydrogen-bond acceptors (Lipinski definition) is 5. The first-order valence-corrected chi connectivity index (χ1v) is 9.01. The van der Waals surface area contributed by atoms with Crippen LogP contribution in [0.3, 0.4) is 0 Å². The molecule has 134 valence electrons. The standard InChI is InChI=1S/C18H17N3O4S/c1-4-11-16(17(23)24)26-18-19-15(9(2)21(11)18)10-5-6-13-12(7-10)20(3)14(22)8-25-13/h5-7H,4,8H2,1-3H3,(H,23,24). The highest BCUT2D eigenvalue weighted by Gasteiger charge is 2.25. The highest BCUT2D eigenvalue weighted by molar-refractivity contribution is 7.19. The summed E-state index contributed by atoms with van der Waals surface area (Å²) in [4.78, 5) is 30.6. The number of aryl methyl sites for hydroxylation is 2. The Hall–Kier alpha value is -2.87. The molecular weight excluding hydrogens is 354 g/mol. The molecule has 26 heavy (non-hydrogen) atoms. The van der Waals surface area contributed by atoms with Crippen LogP contribution in [0.5, 0.6) is 5.75 Å². The topological polar surface area (TPSA) is 84.1 Å². The van der Waals surface area contributed by atoms with Crippen molar-refractivity contribution in [1.29, 1.82) is 0 Å². The van der Waals surface area contributed by atoms with Gasteiger partial charge in [-0.1, -0.05) is 18.3 Å². The number of fused-ring (bicyclic) bond motifs is 2. The summed E-state index contributed by atoms with van der Waals surface area (Å²) >= 11 is 1.18. The molecule has 3 aromatic rings. The van der Waals surface area contributed by atoms with Gasteiger partial charge in [0.05, 0.1) is 11.4 Å². The van der Waals surface area contributed by atoms with Crippen molar-refractivity contribution in [3.05, 3.63) is 34.5 Å². The fourth-order valence-electron chi connectivity index (χ4n) is 3.29. The molecule has 0 fully saturated rings. The average Bonchev–Trinajstić information content (AvgIpc) is 3.15. The molecule has 4 rings (SSSR count). The monoisotopic (exact) mass is 371 g/mol. The van der Waals surface area contributed by atoms with E-state index >= 15 is 0 Å². The average molecular weight is 371 g/mol. The third kappa shape index (κ3) is 2.29. The number of likely N-dealkylation sites (N-methyl/N-ethyl adjacent to an activating group) is 1. The van der Waals surface area contributed by atoms with Gasteiger partial charge in [-0.05, 0) is 31.5 Å². The van der Waals surface area contributed by atoms with Crippen molar-refractivity contribution in [3.8, 4) is 17.0 Å². The molecule has 7 nitrogen and oxygen atoms in total. The molecule has 0 aliphatic carbocycles. The largest absolute Gasteiger partial charge is 0.482 e. The summed E-state index contributed by atoms with van der Waals surface area (Å²) in [5.41, 5.74) is 3.98. The maximum absolute atomic E-state index is 11.9. The SMILES string of the molecule is CCc1c(C(=O)O)sc2nc(-c3ccc4c(c3)N(C)C(=O)CO4)c(C)n12. The molecule has 0 atom stereocenters. The second-order valence-electron chi connectivity index (χ2n) is 6.12. The van der Waals surface area contributed by atoms with Crippen LogP contribution in [0.15, 0.2) is 18.2 Å². The lowest BCUT2D eigenvalue weighted by atomic mass is 10.1. The molecule has 0 saturated carbocycles. The van der Waals surface area contributed by atoms with E-state index in [4.69, 9.17) is 4.74 Å². The maximum Gasteiger partial charge on any atom is 0.347 e. The molecule has 0 radical (unpaired) electrons. The van der Waals surface area contributed by atoms with Crippen molar-refractivity contribution < 1.29 is 19.4 Å². The molecule has 1 aromatic carbocycles. The van der Waals surface area contributed by atoms with Crippen LogP contribution in [-0.4, -0.2) is 40.0 Å². The van der Waals surface area contributed by atoms with Crippen LogP contribution in [0.1, 0.15) is 28.0 Å². The van der Waals surface area contributed by atoms with Crippen molar-refractivity contribution >= 4 is 33.9 Å². The highest BCUT2D eigenvalue weighted by atomic mass is 32.1. The van der Waals surface area contributed by atoms with Gasteiger partial charge in [-0.15, -0.1) is 0 Å². The van der Waals surface area contributed by atoms with Crippen LogP contribution >= 0.6 is 11.3 Å². The maximum atomic E-state index is 11.9. The van der Waals surface area contributed by atoms with E-state index in [9.17, 15) is 14.7 Å². The fraction of sp³-hybridized carbons (Fsp3) is 0.278. The second kappa shape index (κ2) is 5.84. The number of amides is 1. The van der Waals surface area contributed by atoms with Crippen LogP contribution in [0.2, 0.25) is 0 Å². The van der Waals surface area contributed by atoms with Gasteiger partial charge in [0.25, 0.3) is 5.91 Å². The Bertz CT molecular complexity index is 1070. The van der Waals surface area contributed by atoms with Gasteiger partial charge in [0, 0.05) is 24.0 Å². The smallest absolute Gasteiger partial charge is 0.347 e. The zero-order chi connectivity index (χ0) is 18.6. The van der Waals surface area contributed by atoms with Crippen molar-refractivity contribution in [1.82, 2.24) is 9.38 Å². The summed E-state index contributed by atoms with van der Waals surface area (Å²) in [5.74, 6) is -0.363. The van der Waals surface area contributed by atoms with Gasteiger partial charge in [-0.3, -0.25) is 9.20 Å². The predicted molar refractivity (Wildman–Crippen MR) is 98.5 cm³/mol. The van der Waals surface area contributed by atoms with Crippen molar-refractivity contribution in [2.24, 2.45) is 0 Å². The molecule has 1 aliphatic heterocycles. The Morgan fingerprint density at radius 1 is 1.42 bits per heavy atom. The number of nitrogens with zero attached hydrogens (tertiary/aromatic N) is 3. The molecular formula is C18H17N3O4S. The van der Waals surface area contributed by atoms with Gasteiger partial charge in [0.2, 0.25) is 0 Å². The second-order valence-corrected chi connectivity index (χ2v) is 7.10. The molecule has 1 aliphatic rings. The Labute approximate surface area is 153 Å². The minimum Gasteiger partial charge on any atom is -0.482 e. The quantitative estimate of drug-likeness (QED) is 0.765. The number of carboxylic acids is 1. The molecule has 0 spiro atoms. The Kier molecular flexibility index (Phi) is 3.73. The third-order valence-corrected chi connectivity index (χ3v) is 5.72. The van der Waals surface area contributed by atoms with Gasteiger partial charge < -0.3 is 14.7 Å². The number of thiazole rings is 1. The lowest BCUT2D eigenvalue weighted by molar-refractivity contribution is -0.120. The van der Waals surface area contributed by atoms with Crippen molar-refractivity contribution in [2.45, 2.75) is 20.3 Å². The van der Waals surface area contributed by atoms with E-state index < -0.39 is 5.97 Å². The van der Waals surface area contributed by atoms with Gasteiger partial charge >= 0.3 is 5.97 Å². The Balaban J connectivity index is 1.88. The predicted octanol–water partition coefficient (Wildman–Crippen LogP) is 2.99. The number of imidazole rings is 1. The molecule has 8 heteroatoms. The summed E-state index contributed by atoms with van der Waals surface area (Å²) in [6.45, 7) is 3.90. The van der Waals surface area contributed by atoms with E-state index in [0.29, 0.717) is 27.7 Å². The van der Waals surface area contributed by atoms with Gasteiger partial charge in [0.1, 0.15) is 10.6 Å². The molecule has 1 amide bonds. The number of rotatable bonds is 3. The summed E-state index contributed by atoms with van der Waals surface area (Å²) in [5, 5.41) is 9.40. The van der Waals surface area contributed by atoms with Crippen LogP contribution in [0.4, 0.5) is 5.69 Å². The lowest BCUT2D eigenvalue weighted by Gasteiger charge is -2.26. The fourth-order valence-corrected chi connectivity index (χ4v) is 4.39. The summed E-state index contributed by atoms with van der Waals surface area (Å²) in [7, 11) is 1.72. The number of anilines is 1. The zero-order valence-corrected chi connectivity index (χ0v) is 15.4. The minimum atomic E-state index is -0.927. The number of aromatic nitrogens is 2. The molecule has 0 unspecified atom stereocenters. The zero-order valence-electron chi connectivity index (χ0n) is 14.6.